The predicted octanol–water partition coefficient (Wildman–Crippen LogP) is 3.69. The molecule has 0 aliphatic carbocycles. The molecular weight excluding hydrogens is 278 g/mol. The molecule has 1 rings (SSSR count). The van der Waals surface area contributed by atoms with Gasteiger partial charge in [-0.15, -0.1) is 5.53 Å². The highest BCUT2D eigenvalue weighted by molar-refractivity contribution is 5.01. The fraction of sp³-hybridized carbons (Fsp3) is 0.882. The summed E-state index contributed by atoms with van der Waals surface area (Å²) in [5.74, 6) is 0.703. The van der Waals surface area contributed by atoms with Crippen LogP contribution in [0.1, 0.15) is 61.3 Å². The topological polar surface area (TPSA) is 45.8 Å². The second kappa shape index (κ2) is 18.3. The van der Waals surface area contributed by atoms with E-state index in [0.717, 1.165) is 31.7 Å². The van der Waals surface area contributed by atoms with Crippen molar-refractivity contribution in [1.29, 1.82) is 0 Å². The van der Waals surface area contributed by atoms with Crippen LogP contribution in [-0.2, 0) is 9.47 Å². The van der Waals surface area contributed by atoms with Crippen LogP contribution in [0.25, 0.3) is 0 Å². The first-order valence-electron chi connectivity index (χ1n) is 8.87. The normalized spacial score (nSPS) is 12.9. The lowest BCUT2D eigenvalue weighted by atomic mass is 10.1. The molecule has 0 saturated heterocycles. The van der Waals surface area contributed by atoms with Crippen molar-refractivity contribution in [2.75, 3.05) is 33.0 Å². The van der Waals surface area contributed by atoms with Crippen molar-refractivity contribution >= 4 is 0 Å². The molecule has 0 aromatic rings. The Hall–Kier alpha value is -0.780. The monoisotopic (exact) mass is 317 g/mol. The zero-order valence-corrected chi connectivity index (χ0v) is 15.9. The van der Waals surface area contributed by atoms with Crippen molar-refractivity contribution < 1.29 is 9.47 Å². The first kappa shape index (κ1) is 23.5. The molecule has 0 spiro atoms. The second-order valence-corrected chi connectivity index (χ2v) is 4.93. The molecular formula is C17H39N3O2. The molecule has 0 bridgehead atoms. The Morgan fingerprint density at radius 3 is 2.27 bits per heavy atom. The largest absolute Gasteiger partial charge is 0.379 e. The van der Waals surface area contributed by atoms with Crippen molar-refractivity contribution in [2.24, 2.45) is 5.92 Å². The fourth-order valence-electron chi connectivity index (χ4n) is 1.55. The lowest BCUT2D eigenvalue weighted by Crippen LogP contribution is -2.37. The molecule has 0 unspecified atom stereocenters. The Morgan fingerprint density at radius 1 is 1.05 bits per heavy atom. The highest BCUT2D eigenvalue weighted by Crippen LogP contribution is 2.01. The Kier molecular flexibility index (Phi) is 19.5. The van der Waals surface area contributed by atoms with E-state index < -0.39 is 0 Å². The van der Waals surface area contributed by atoms with Gasteiger partial charge in [0.2, 0.25) is 0 Å². The van der Waals surface area contributed by atoms with Crippen LogP contribution in [0, 0.1) is 5.92 Å². The van der Waals surface area contributed by atoms with Crippen molar-refractivity contribution in [3.05, 3.63) is 11.9 Å². The molecule has 5 heteroatoms. The number of hydrogen-bond acceptors (Lipinski definition) is 5. The van der Waals surface area contributed by atoms with Crippen LogP contribution in [-0.4, -0.2) is 38.0 Å². The van der Waals surface area contributed by atoms with Crippen molar-refractivity contribution in [2.45, 2.75) is 61.3 Å². The summed E-state index contributed by atoms with van der Waals surface area (Å²) in [6, 6.07) is 0. The van der Waals surface area contributed by atoms with Crippen molar-refractivity contribution in [1.82, 2.24) is 16.0 Å². The van der Waals surface area contributed by atoms with Gasteiger partial charge in [-0.05, 0) is 18.8 Å². The number of rotatable bonds is 10. The maximum atomic E-state index is 5.53. The van der Waals surface area contributed by atoms with Gasteiger partial charge in [-0.1, -0.05) is 48.5 Å². The van der Waals surface area contributed by atoms with E-state index in [4.69, 9.17) is 9.47 Å². The quantitative estimate of drug-likeness (QED) is 0.602. The van der Waals surface area contributed by atoms with Crippen molar-refractivity contribution in [3.63, 3.8) is 0 Å². The molecule has 1 heterocycles. The highest BCUT2D eigenvalue weighted by Gasteiger charge is 2.09. The average molecular weight is 318 g/mol. The Bertz CT molecular complexity index is 246. The summed E-state index contributed by atoms with van der Waals surface area (Å²) in [4.78, 5) is 0. The molecule has 5 nitrogen and oxygen atoms in total. The van der Waals surface area contributed by atoms with Gasteiger partial charge in [0.1, 0.15) is 0 Å². The van der Waals surface area contributed by atoms with Crippen LogP contribution in [0.15, 0.2) is 11.9 Å². The Labute approximate surface area is 138 Å². The zero-order valence-electron chi connectivity index (χ0n) is 15.9. The number of nitrogens with zero attached hydrogens (tertiary/aromatic N) is 1. The van der Waals surface area contributed by atoms with E-state index in [1.165, 1.54) is 0 Å². The second-order valence-electron chi connectivity index (χ2n) is 4.93. The summed E-state index contributed by atoms with van der Waals surface area (Å²) in [5.41, 5.74) is 7.20. The summed E-state index contributed by atoms with van der Waals surface area (Å²) in [6.07, 6.45) is 4.27. The number of hydrogen-bond donors (Lipinski definition) is 2. The molecule has 0 aromatic heterocycles. The van der Waals surface area contributed by atoms with Gasteiger partial charge in [-0.25, -0.2) is 0 Å². The van der Waals surface area contributed by atoms with Crippen LogP contribution in [0.2, 0.25) is 0 Å². The van der Waals surface area contributed by atoms with E-state index in [1.54, 1.807) is 0 Å². The minimum atomic E-state index is 0.598. The number of hydrazine groups is 2. The van der Waals surface area contributed by atoms with Gasteiger partial charge >= 0.3 is 0 Å². The average Bonchev–Trinajstić information content (AvgIpc) is 2.98. The van der Waals surface area contributed by atoms with Gasteiger partial charge in [0.15, 0.2) is 0 Å². The summed E-state index contributed by atoms with van der Waals surface area (Å²) in [5, 5.41) is 2.03. The van der Waals surface area contributed by atoms with Gasteiger partial charge in [-0.3, -0.25) is 5.01 Å². The van der Waals surface area contributed by atoms with Crippen molar-refractivity contribution in [3.8, 4) is 0 Å². The van der Waals surface area contributed by atoms with Crippen LogP contribution < -0.4 is 11.0 Å². The minimum absolute atomic E-state index is 0.598. The summed E-state index contributed by atoms with van der Waals surface area (Å²) in [7, 11) is 0. The van der Waals surface area contributed by atoms with Crippen LogP contribution in [0.3, 0.4) is 0 Å². The number of ether oxygens (including phenoxy) is 2. The van der Waals surface area contributed by atoms with E-state index in [0.29, 0.717) is 25.7 Å². The van der Waals surface area contributed by atoms with E-state index in [1.807, 2.05) is 38.9 Å². The molecule has 134 valence electrons. The lowest BCUT2D eigenvalue weighted by Gasteiger charge is -2.12. The predicted molar refractivity (Wildman–Crippen MR) is 95.1 cm³/mol. The third-order valence-electron chi connectivity index (χ3n) is 2.61. The van der Waals surface area contributed by atoms with Gasteiger partial charge < -0.3 is 14.9 Å². The molecule has 0 atom stereocenters. The summed E-state index contributed by atoms with van der Waals surface area (Å²) < 4.78 is 11.0. The summed E-state index contributed by atoms with van der Waals surface area (Å²) >= 11 is 0. The maximum Gasteiger partial charge on any atom is 0.0893 e. The molecule has 1 aliphatic heterocycles. The van der Waals surface area contributed by atoms with Crippen LogP contribution in [0.5, 0.6) is 0 Å². The fourth-order valence-corrected chi connectivity index (χ4v) is 1.55. The van der Waals surface area contributed by atoms with Crippen LogP contribution in [0.4, 0.5) is 0 Å². The molecule has 0 aromatic carbocycles. The smallest absolute Gasteiger partial charge is 0.0893 e. The Morgan fingerprint density at radius 2 is 1.68 bits per heavy atom. The third-order valence-corrected chi connectivity index (χ3v) is 2.61. The lowest BCUT2D eigenvalue weighted by molar-refractivity contribution is 0.0507. The molecule has 1 aliphatic rings. The van der Waals surface area contributed by atoms with E-state index >= 15 is 0 Å². The Balaban J connectivity index is 0. The van der Waals surface area contributed by atoms with Gasteiger partial charge in [0, 0.05) is 19.4 Å². The molecule has 22 heavy (non-hydrogen) atoms. The molecule has 0 radical (unpaired) electrons. The van der Waals surface area contributed by atoms with Gasteiger partial charge in [0.25, 0.3) is 0 Å². The molecule has 2 N–H and O–H groups in total. The number of nitrogens with one attached hydrogen (secondary N) is 2. The summed E-state index contributed by atoms with van der Waals surface area (Å²) in [6.45, 7) is 18.3. The SMILES string of the molecule is CC.CC.CCCN1C=C(COCCOCCC(C)C)NN1. The molecule has 0 amide bonds. The third kappa shape index (κ3) is 14.2. The zero-order chi connectivity index (χ0) is 17.2. The molecule has 0 fully saturated rings. The van der Waals surface area contributed by atoms with Crippen LogP contribution >= 0.6 is 0 Å². The first-order valence-corrected chi connectivity index (χ1v) is 8.87. The standard InChI is InChI=1S/C13H27N3O2.2C2H6/c1-4-6-16-10-13(14-15-16)11-18-9-8-17-7-5-12(2)3;2*1-2/h10,12,14-15H,4-9,11H2,1-3H3;2*1-2H3. The highest BCUT2D eigenvalue weighted by atomic mass is 16.5. The minimum Gasteiger partial charge on any atom is -0.379 e. The van der Waals surface area contributed by atoms with Gasteiger partial charge in [-0.2, -0.15) is 0 Å². The van der Waals surface area contributed by atoms with Gasteiger partial charge in [0.05, 0.1) is 25.5 Å². The maximum absolute atomic E-state index is 5.53. The molecule has 0 saturated carbocycles. The first-order chi connectivity index (χ1) is 10.7. The van der Waals surface area contributed by atoms with E-state index in [2.05, 4.69) is 31.7 Å². The van der Waals surface area contributed by atoms with E-state index in [-0.39, 0.29) is 0 Å². The van der Waals surface area contributed by atoms with E-state index in [9.17, 15) is 0 Å².